The van der Waals surface area contributed by atoms with Gasteiger partial charge in [0.05, 0.1) is 5.56 Å². The average molecular weight is 244 g/mol. The fourth-order valence-electron chi connectivity index (χ4n) is 1.50. The van der Waals surface area contributed by atoms with E-state index in [4.69, 9.17) is 15.6 Å². The maximum Gasteiger partial charge on any atom is 0.338 e. The highest BCUT2D eigenvalue weighted by atomic mass is 16.5. The van der Waals surface area contributed by atoms with Crippen LogP contribution in [0.4, 0.5) is 5.69 Å². The first-order valence-electron chi connectivity index (χ1n) is 5.31. The number of carboxylic acid groups (broad SMARTS) is 1. The van der Waals surface area contributed by atoms with Crippen LogP contribution < -0.4 is 10.5 Å². The van der Waals surface area contributed by atoms with Gasteiger partial charge in [-0.25, -0.2) is 9.78 Å². The van der Waals surface area contributed by atoms with Crippen molar-refractivity contribution in [2.24, 2.45) is 0 Å². The normalized spacial score (nSPS) is 10.1. The second-order valence-corrected chi connectivity index (χ2v) is 3.75. The Kier molecular flexibility index (Phi) is 3.14. The standard InChI is InChI=1S/C13H12N2O3/c1-8-4-2-3-5-10(8)18-12-11(14)9(13(16)17)6-7-15-12/h2-7H,14H2,1H3,(H,16,17). The molecule has 1 heterocycles. The first-order valence-corrected chi connectivity index (χ1v) is 5.31. The molecular formula is C13H12N2O3. The lowest BCUT2D eigenvalue weighted by molar-refractivity contribution is 0.0697. The Balaban J connectivity index is 2.39. The van der Waals surface area contributed by atoms with Crippen LogP contribution in [0.15, 0.2) is 36.5 Å². The van der Waals surface area contributed by atoms with Crippen LogP contribution >= 0.6 is 0 Å². The fraction of sp³-hybridized carbons (Fsp3) is 0.0769. The number of hydrogen-bond acceptors (Lipinski definition) is 4. The van der Waals surface area contributed by atoms with Crippen molar-refractivity contribution in [3.05, 3.63) is 47.7 Å². The average Bonchev–Trinajstić information content (AvgIpc) is 2.34. The second-order valence-electron chi connectivity index (χ2n) is 3.75. The predicted octanol–water partition coefficient (Wildman–Crippen LogP) is 2.46. The lowest BCUT2D eigenvalue weighted by Crippen LogP contribution is -2.05. The minimum Gasteiger partial charge on any atom is -0.478 e. The van der Waals surface area contributed by atoms with E-state index >= 15 is 0 Å². The summed E-state index contributed by atoms with van der Waals surface area (Å²) in [7, 11) is 0. The highest BCUT2D eigenvalue weighted by Gasteiger charge is 2.14. The molecule has 2 rings (SSSR count). The molecule has 0 radical (unpaired) electrons. The first kappa shape index (κ1) is 11.9. The molecule has 1 aromatic carbocycles. The molecule has 0 spiro atoms. The SMILES string of the molecule is Cc1ccccc1Oc1nccc(C(=O)O)c1N. The van der Waals surface area contributed by atoms with Gasteiger partial charge >= 0.3 is 5.97 Å². The Hall–Kier alpha value is -2.56. The third-order valence-corrected chi connectivity index (χ3v) is 2.48. The lowest BCUT2D eigenvalue weighted by atomic mass is 10.2. The molecule has 92 valence electrons. The number of benzene rings is 1. The van der Waals surface area contributed by atoms with Crippen LogP contribution in [0.2, 0.25) is 0 Å². The van der Waals surface area contributed by atoms with Gasteiger partial charge in [0.15, 0.2) is 0 Å². The van der Waals surface area contributed by atoms with Gasteiger partial charge in [-0.2, -0.15) is 0 Å². The van der Waals surface area contributed by atoms with Gasteiger partial charge in [-0.15, -0.1) is 0 Å². The van der Waals surface area contributed by atoms with E-state index in [1.54, 1.807) is 6.07 Å². The summed E-state index contributed by atoms with van der Waals surface area (Å²) in [4.78, 5) is 14.9. The van der Waals surface area contributed by atoms with Crippen LogP contribution in [-0.4, -0.2) is 16.1 Å². The minimum atomic E-state index is -1.11. The van der Waals surface area contributed by atoms with E-state index in [1.165, 1.54) is 12.3 Å². The number of aryl methyl sites for hydroxylation is 1. The van der Waals surface area contributed by atoms with Gasteiger partial charge in [0.1, 0.15) is 11.4 Å². The molecule has 18 heavy (non-hydrogen) atoms. The molecule has 0 aliphatic heterocycles. The molecule has 0 unspecified atom stereocenters. The van der Waals surface area contributed by atoms with Crippen molar-refractivity contribution >= 4 is 11.7 Å². The molecule has 0 bridgehead atoms. The number of anilines is 1. The maximum absolute atomic E-state index is 10.9. The molecule has 5 heteroatoms. The van der Waals surface area contributed by atoms with Crippen LogP contribution in [0.5, 0.6) is 11.6 Å². The molecule has 0 amide bonds. The van der Waals surface area contributed by atoms with Crippen LogP contribution in [0.25, 0.3) is 0 Å². The highest BCUT2D eigenvalue weighted by Crippen LogP contribution is 2.29. The summed E-state index contributed by atoms with van der Waals surface area (Å²) in [5.41, 5.74) is 6.63. The Morgan fingerprint density at radius 2 is 2.06 bits per heavy atom. The number of para-hydroxylation sites is 1. The van der Waals surface area contributed by atoms with Crippen molar-refractivity contribution < 1.29 is 14.6 Å². The number of hydrogen-bond donors (Lipinski definition) is 2. The first-order chi connectivity index (χ1) is 8.59. The molecule has 0 atom stereocenters. The van der Waals surface area contributed by atoms with Gasteiger partial charge < -0.3 is 15.6 Å². The third-order valence-electron chi connectivity index (χ3n) is 2.48. The largest absolute Gasteiger partial charge is 0.478 e. The van der Waals surface area contributed by atoms with Crippen molar-refractivity contribution in [1.29, 1.82) is 0 Å². The highest BCUT2D eigenvalue weighted by molar-refractivity contribution is 5.94. The van der Waals surface area contributed by atoms with Gasteiger partial charge in [-0.3, -0.25) is 0 Å². The van der Waals surface area contributed by atoms with Gasteiger partial charge in [0, 0.05) is 6.20 Å². The Morgan fingerprint density at radius 3 is 2.72 bits per heavy atom. The van der Waals surface area contributed by atoms with Gasteiger partial charge in [0.2, 0.25) is 5.88 Å². The van der Waals surface area contributed by atoms with Crippen LogP contribution in [0.3, 0.4) is 0 Å². The topological polar surface area (TPSA) is 85.4 Å². The number of nitrogen functional groups attached to an aromatic ring is 1. The Morgan fingerprint density at radius 1 is 1.33 bits per heavy atom. The summed E-state index contributed by atoms with van der Waals surface area (Å²) < 4.78 is 5.53. The fourth-order valence-corrected chi connectivity index (χ4v) is 1.50. The number of nitrogens with two attached hydrogens (primary N) is 1. The van der Waals surface area contributed by atoms with Crippen molar-refractivity contribution in [1.82, 2.24) is 4.98 Å². The summed E-state index contributed by atoms with van der Waals surface area (Å²) in [5, 5.41) is 8.95. The van der Waals surface area contributed by atoms with E-state index in [9.17, 15) is 4.79 Å². The third kappa shape index (κ3) is 2.24. The van der Waals surface area contributed by atoms with Crippen LogP contribution in [-0.2, 0) is 0 Å². The molecular weight excluding hydrogens is 232 g/mol. The van der Waals surface area contributed by atoms with Crippen LogP contribution in [0, 0.1) is 6.92 Å². The minimum absolute atomic E-state index is 0.0198. The van der Waals surface area contributed by atoms with E-state index in [0.29, 0.717) is 5.75 Å². The van der Waals surface area contributed by atoms with Gasteiger partial charge in [-0.05, 0) is 24.6 Å². The van der Waals surface area contributed by atoms with E-state index in [2.05, 4.69) is 4.98 Å². The van der Waals surface area contributed by atoms with Crippen molar-refractivity contribution in [3.63, 3.8) is 0 Å². The van der Waals surface area contributed by atoms with Gasteiger partial charge in [0.25, 0.3) is 0 Å². The molecule has 1 aromatic heterocycles. The second kappa shape index (κ2) is 4.75. The zero-order valence-electron chi connectivity index (χ0n) is 9.75. The summed E-state index contributed by atoms with van der Waals surface area (Å²) in [6.07, 6.45) is 1.35. The number of ether oxygens (including phenoxy) is 1. The van der Waals surface area contributed by atoms with Crippen molar-refractivity contribution in [3.8, 4) is 11.6 Å². The summed E-state index contributed by atoms with van der Waals surface area (Å²) >= 11 is 0. The molecule has 3 N–H and O–H groups in total. The zero-order chi connectivity index (χ0) is 13.1. The molecule has 2 aromatic rings. The van der Waals surface area contributed by atoms with E-state index < -0.39 is 5.97 Å². The van der Waals surface area contributed by atoms with Crippen molar-refractivity contribution in [2.75, 3.05) is 5.73 Å². The summed E-state index contributed by atoms with van der Waals surface area (Å²) in [6.45, 7) is 1.88. The number of aromatic carboxylic acids is 1. The smallest absolute Gasteiger partial charge is 0.338 e. The molecule has 0 saturated heterocycles. The predicted molar refractivity (Wildman–Crippen MR) is 66.9 cm³/mol. The Labute approximate surface area is 104 Å². The Bertz CT molecular complexity index is 597. The number of nitrogens with zero attached hydrogens (tertiary/aromatic N) is 1. The molecule has 0 fully saturated rings. The monoisotopic (exact) mass is 244 g/mol. The van der Waals surface area contributed by atoms with E-state index in [0.717, 1.165) is 5.56 Å². The van der Waals surface area contributed by atoms with E-state index in [1.807, 2.05) is 25.1 Å². The number of rotatable bonds is 3. The molecule has 5 nitrogen and oxygen atoms in total. The van der Waals surface area contributed by atoms with E-state index in [-0.39, 0.29) is 17.1 Å². The number of carboxylic acids is 1. The molecule has 0 aliphatic carbocycles. The molecule has 0 saturated carbocycles. The number of aromatic nitrogens is 1. The summed E-state index contributed by atoms with van der Waals surface area (Å²) in [6, 6.07) is 8.69. The van der Waals surface area contributed by atoms with Gasteiger partial charge in [-0.1, -0.05) is 18.2 Å². The maximum atomic E-state index is 10.9. The number of carbonyl (C=O) groups is 1. The molecule has 0 aliphatic rings. The quantitative estimate of drug-likeness (QED) is 0.866. The zero-order valence-corrected chi connectivity index (χ0v) is 9.75. The summed E-state index contributed by atoms with van der Waals surface area (Å²) in [5.74, 6) is -0.409. The lowest BCUT2D eigenvalue weighted by Gasteiger charge is -2.10. The number of pyridine rings is 1. The van der Waals surface area contributed by atoms with Crippen LogP contribution in [0.1, 0.15) is 15.9 Å². The van der Waals surface area contributed by atoms with Crippen molar-refractivity contribution in [2.45, 2.75) is 6.92 Å².